The highest BCUT2D eigenvalue weighted by atomic mass is 79.9. The first-order valence-electron chi connectivity index (χ1n) is 4.38. The molecule has 1 amide bonds. The van der Waals surface area contributed by atoms with Crippen molar-refractivity contribution in [3.63, 3.8) is 0 Å². The molecule has 0 fully saturated rings. The van der Waals surface area contributed by atoms with Gasteiger partial charge in [0.2, 0.25) is 0 Å². The lowest BCUT2D eigenvalue weighted by atomic mass is 10.1. The SMILES string of the molecule is Cc1cc(Cl)c(CCNC(=O)Br)cc1F. The van der Waals surface area contributed by atoms with Gasteiger partial charge in [0, 0.05) is 27.5 Å². The number of benzene rings is 1. The number of nitrogens with one attached hydrogen (secondary N) is 1. The fourth-order valence-corrected chi connectivity index (χ4v) is 1.69. The van der Waals surface area contributed by atoms with Gasteiger partial charge < -0.3 is 5.32 Å². The highest BCUT2D eigenvalue weighted by Gasteiger charge is 2.05. The third-order valence-corrected chi connectivity index (χ3v) is 2.62. The molecule has 1 N–H and O–H groups in total. The van der Waals surface area contributed by atoms with E-state index in [2.05, 4.69) is 21.2 Å². The molecule has 0 aromatic heterocycles. The Kier molecular flexibility index (Phi) is 4.54. The number of hydrogen-bond acceptors (Lipinski definition) is 1. The Balaban J connectivity index is 2.69. The van der Waals surface area contributed by atoms with Gasteiger partial charge in [0.15, 0.2) is 0 Å². The van der Waals surface area contributed by atoms with Crippen LogP contribution in [-0.2, 0) is 6.42 Å². The molecule has 1 aromatic carbocycles. The highest BCUT2D eigenvalue weighted by Crippen LogP contribution is 2.20. The van der Waals surface area contributed by atoms with Gasteiger partial charge in [-0.15, -0.1) is 0 Å². The molecule has 0 aliphatic carbocycles. The molecule has 0 aliphatic heterocycles. The summed E-state index contributed by atoms with van der Waals surface area (Å²) < 4.78 is 13.2. The van der Waals surface area contributed by atoms with Crippen LogP contribution in [0.15, 0.2) is 12.1 Å². The summed E-state index contributed by atoms with van der Waals surface area (Å²) in [6.45, 7) is 2.08. The standard InChI is InChI=1S/C10H10BrClFNO/c1-6-4-8(12)7(5-9(6)13)2-3-14-10(11)15/h4-5H,2-3H2,1H3,(H,14,15). The second kappa shape index (κ2) is 5.47. The second-order valence-corrected chi connectivity index (χ2v) is 4.27. The van der Waals surface area contributed by atoms with Crippen LogP contribution in [0.2, 0.25) is 5.02 Å². The van der Waals surface area contributed by atoms with Crippen LogP contribution in [0.5, 0.6) is 0 Å². The minimum absolute atomic E-state index is 0.278. The molecule has 0 aliphatic rings. The van der Waals surface area contributed by atoms with Crippen molar-refractivity contribution in [2.24, 2.45) is 0 Å². The Bertz CT molecular complexity index is 384. The number of aryl methyl sites for hydroxylation is 1. The smallest absolute Gasteiger partial charge is 0.287 e. The lowest BCUT2D eigenvalue weighted by Gasteiger charge is -2.06. The second-order valence-electron chi connectivity index (χ2n) is 3.14. The van der Waals surface area contributed by atoms with E-state index in [-0.39, 0.29) is 10.6 Å². The van der Waals surface area contributed by atoms with Crippen LogP contribution in [0.4, 0.5) is 9.18 Å². The Hall–Kier alpha value is -0.610. The predicted molar refractivity (Wildman–Crippen MR) is 62.2 cm³/mol. The van der Waals surface area contributed by atoms with E-state index in [9.17, 15) is 9.18 Å². The third kappa shape index (κ3) is 3.80. The molecule has 0 bridgehead atoms. The van der Waals surface area contributed by atoms with Gasteiger partial charge in [0.25, 0.3) is 4.82 Å². The van der Waals surface area contributed by atoms with Crippen LogP contribution in [0, 0.1) is 12.7 Å². The maximum absolute atomic E-state index is 13.2. The van der Waals surface area contributed by atoms with E-state index >= 15 is 0 Å². The van der Waals surface area contributed by atoms with Crippen LogP contribution >= 0.6 is 27.5 Å². The summed E-state index contributed by atoms with van der Waals surface area (Å²) in [4.78, 5) is 10.3. The number of halogens is 3. The van der Waals surface area contributed by atoms with Crippen LogP contribution in [0.1, 0.15) is 11.1 Å². The molecular weight excluding hydrogens is 284 g/mol. The first kappa shape index (κ1) is 12.5. The molecular formula is C10H10BrClFNO. The van der Waals surface area contributed by atoms with E-state index in [1.54, 1.807) is 13.0 Å². The number of amides is 1. The number of rotatable bonds is 3. The fourth-order valence-electron chi connectivity index (χ4n) is 1.17. The average molecular weight is 295 g/mol. The Labute approximate surface area is 101 Å². The molecule has 2 nitrogen and oxygen atoms in total. The molecule has 1 rings (SSSR count). The number of hydrogen-bond donors (Lipinski definition) is 1. The molecule has 15 heavy (non-hydrogen) atoms. The summed E-state index contributed by atoms with van der Waals surface area (Å²) in [5, 5.41) is 3.08. The van der Waals surface area contributed by atoms with Crippen LogP contribution in [-0.4, -0.2) is 11.4 Å². The molecule has 0 saturated heterocycles. The van der Waals surface area contributed by atoms with Gasteiger partial charge in [0.05, 0.1) is 0 Å². The monoisotopic (exact) mass is 293 g/mol. The molecule has 0 unspecified atom stereocenters. The van der Waals surface area contributed by atoms with Crippen molar-refractivity contribution >= 4 is 32.3 Å². The fraction of sp³-hybridized carbons (Fsp3) is 0.300. The lowest BCUT2D eigenvalue weighted by molar-refractivity contribution is 0.262. The van der Waals surface area contributed by atoms with Gasteiger partial charge in [0.1, 0.15) is 5.82 Å². The van der Waals surface area contributed by atoms with Crippen molar-refractivity contribution in [3.05, 3.63) is 34.1 Å². The first-order valence-corrected chi connectivity index (χ1v) is 5.55. The zero-order chi connectivity index (χ0) is 11.4. The van der Waals surface area contributed by atoms with Crippen molar-refractivity contribution in [3.8, 4) is 0 Å². The Morgan fingerprint density at radius 1 is 1.60 bits per heavy atom. The van der Waals surface area contributed by atoms with E-state index in [0.717, 1.165) is 0 Å². The highest BCUT2D eigenvalue weighted by molar-refractivity contribution is 9.18. The van der Waals surface area contributed by atoms with Gasteiger partial charge in [-0.05, 0) is 36.6 Å². The number of carbonyl (C=O) groups excluding carboxylic acids is 1. The van der Waals surface area contributed by atoms with Crippen molar-refractivity contribution < 1.29 is 9.18 Å². The minimum Gasteiger partial charge on any atom is -0.346 e. The van der Waals surface area contributed by atoms with Crippen molar-refractivity contribution in [2.45, 2.75) is 13.3 Å². The normalized spacial score (nSPS) is 10.1. The van der Waals surface area contributed by atoms with Gasteiger partial charge >= 0.3 is 0 Å². The molecule has 0 heterocycles. The predicted octanol–water partition coefficient (Wildman–Crippen LogP) is 3.43. The quantitative estimate of drug-likeness (QED) is 0.671. The zero-order valence-corrected chi connectivity index (χ0v) is 10.5. The number of carbonyl (C=O) groups is 1. The first-order chi connectivity index (χ1) is 7.00. The molecule has 0 spiro atoms. The van der Waals surface area contributed by atoms with E-state index < -0.39 is 0 Å². The maximum atomic E-state index is 13.2. The Morgan fingerprint density at radius 2 is 2.27 bits per heavy atom. The van der Waals surface area contributed by atoms with Crippen molar-refractivity contribution in [1.29, 1.82) is 0 Å². The average Bonchev–Trinajstić information content (AvgIpc) is 2.13. The van der Waals surface area contributed by atoms with Gasteiger partial charge in [-0.25, -0.2) is 4.39 Å². The summed E-state index contributed by atoms with van der Waals surface area (Å²) in [6.07, 6.45) is 0.507. The van der Waals surface area contributed by atoms with Gasteiger partial charge in [-0.3, -0.25) is 4.79 Å². The van der Waals surface area contributed by atoms with Crippen LogP contribution in [0.3, 0.4) is 0 Å². The van der Waals surface area contributed by atoms with Crippen molar-refractivity contribution in [1.82, 2.24) is 5.32 Å². The molecule has 1 aromatic rings. The molecule has 5 heteroatoms. The summed E-state index contributed by atoms with van der Waals surface area (Å²) >= 11 is 8.66. The van der Waals surface area contributed by atoms with Crippen LogP contribution < -0.4 is 5.32 Å². The van der Waals surface area contributed by atoms with E-state index in [1.165, 1.54) is 6.07 Å². The molecule has 0 atom stereocenters. The topological polar surface area (TPSA) is 29.1 Å². The largest absolute Gasteiger partial charge is 0.346 e. The molecule has 82 valence electrons. The van der Waals surface area contributed by atoms with Gasteiger partial charge in [-0.2, -0.15) is 0 Å². The van der Waals surface area contributed by atoms with Crippen LogP contribution in [0.25, 0.3) is 0 Å². The van der Waals surface area contributed by atoms with E-state index in [4.69, 9.17) is 11.6 Å². The summed E-state index contributed by atoms with van der Waals surface area (Å²) in [7, 11) is 0. The van der Waals surface area contributed by atoms with E-state index in [0.29, 0.717) is 29.1 Å². The molecule has 0 radical (unpaired) electrons. The summed E-state index contributed by atoms with van der Waals surface area (Å²) in [5.41, 5.74) is 1.22. The van der Waals surface area contributed by atoms with Gasteiger partial charge in [-0.1, -0.05) is 11.6 Å². The summed E-state index contributed by atoms with van der Waals surface area (Å²) in [5.74, 6) is -0.278. The Morgan fingerprint density at radius 3 is 2.87 bits per heavy atom. The minimum atomic E-state index is -0.286. The maximum Gasteiger partial charge on any atom is 0.287 e. The van der Waals surface area contributed by atoms with E-state index in [1.807, 2.05) is 0 Å². The van der Waals surface area contributed by atoms with Crippen molar-refractivity contribution in [2.75, 3.05) is 6.54 Å². The zero-order valence-electron chi connectivity index (χ0n) is 8.11. The summed E-state index contributed by atoms with van der Waals surface area (Å²) in [6, 6.07) is 2.99. The third-order valence-electron chi connectivity index (χ3n) is 1.99. The molecule has 0 saturated carbocycles. The lowest BCUT2D eigenvalue weighted by Crippen LogP contribution is -2.19.